The zero-order valence-electron chi connectivity index (χ0n) is 13.6. The number of aromatic nitrogens is 4. The van der Waals surface area contributed by atoms with E-state index < -0.39 is 0 Å². The zero-order valence-corrected chi connectivity index (χ0v) is 14.4. The molecule has 2 aromatic carbocycles. The maximum Gasteiger partial charge on any atom is 0.632 e. The molecule has 4 aromatic rings. The molecule has 0 spiro atoms. The highest BCUT2D eigenvalue weighted by molar-refractivity contribution is 7.98. The first-order chi connectivity index (χ1) is 12.9. The molecule has 3 heterocycles. The Morgan fingerprint density at radius 3 is 2.46 bits per heavy atom. The molecule has 0 aliphatic carbocycles. The van der Waals surface area contributed by atoms with Crippen LogP contribution in [0.15, 0.2) is 66.2 Å². The lowest BCUT2D eigenvalue weighted by Gasteiger charge is -2.06. The summed E-state index contributed by atoms with van der Waals surface area (Å²) < 4.78 is 11.7. The zero-order chi connectivity index (χ0) is 17.3. The summed E-state index contributed by atoms with van der Waals surface area (Å²) in [4.78, 5) is 15.8. The molecule has 0 unspecified atom stereocenters. The highest BCUT2D eigenvalue weighted by Gasteiger charge is 2.33. The molecule has 6 nitrogen and oxygen atoms in total. The minimum absolute atomic E-state index is 0.389. The first-order valence-electron chi connectivity index (χ1n) is 8.15. The second kappa shape index (κ2) is 6.38. The molecule has 26 heavy (non-hydrogen) atoms. The van der Waals surface area contributed by atoms with Crippen LogP contribution in [0.25, 0.3) is 11.2 Å². The molecule has 0 atom stereocenters. The molecule has 2 aromatic heterocycles. The summed E-state index contributed by atoms with van der Waals surface area (Å²) >= 11 is 1.64. The van der Waals surface area contributed by atoms with Gasteiger partial charge in [-0.25, -0.2) is 15.0 Å². The molecule has 126 valence electrons. The fraction of sp³-hybridized carbons (Fsp3) is 0.0556. The Kier molecular flexibility index (Phi) is 3.75. The average Bonchev–Trinajstić information content (AvgIpc) is 3.33. The van der Waals surface area contributed by atoms with Gasteiger partial charge in [-0.15, -0.1) is 0 Å². The Labute approximate surface area is 154 Å². The van der Waals surface area contributed by atoms with E-state index in [1.54, 1.807) is 24.4 Å². The summed E-state index contributed by atoms with van der Waals surface area (Å²) in [6, 6.07) is 16.0. The van der Waals surface area contributed by atoms with Crippen molar-refractivity contribution in [2.24, 2.45) is 0 Å². The first kappa shape index (κ1) is 15.3. The Hall–Kier alpha value is -3.00. The standard InChI is InChI=1S/C18H13BN4O2S/c1-2-4-15-14(3-1)24-19(25-15)13-7-5-12(6-8-13)9-26-18-16-17(21-10-20-16)22-11-23-18/h1-8,10-11H,9H2,(H,20,21,22,23). The van der Waals surface area contributed by atoms with Crippen molar-refractivity contribution in [1.29, 1.82) is 0 Å². The van der Waals surface area contributed by atoms with E-state index in [1.807, 2.05) is 36.4 Å². The number of aromatic amines is 1. The van der Waals surface area contributed by atoms with E-state index >= 15 is 0 Å². The van der Waals surface area contributed by atoms with E-state index in [2.05, 4.69) is 32.1 Å². The van der Waals surface area contributed by atoms with Gasteiger partial charge < -0.3 is 14.3 Å². The van der Waals surface area contributed by atoms with Crippen molar-refractivity contribution >= 4 is 35.5 Å². The fourth-order valence-corrected chi connectivity index (χ4v) is 3.71. The number of nitrogens with zero attached hydrogens (tertiary/aromatic N) is 3. The number of imidazole rings is 1. The van der Waals surface area contributed by atoms with Gasteiger partial charge in [0.2, 0.25) is 0 Å². The predicted molar refractivity (Wildman–Crippen MR) is 101 cm³/mol. The Bertz CT molecular complexity index is 1050. The lowest BCUT2D eigenvalue weighted by atomic mass is 9.79. The molecule has 0 saturated carbocycles. The highest BCUT2D eigenvalue weighted by Crippen LogP contribution is 2.32. The number of thioether (sulfide) groups is 1. The van der Waals surface area contributed by atoms with Gasteiger partial charge in [0, 0.05) is 11.2 Å². The molecule has 1 N–H and O–H groups in total. The van der Waals surface area contributed by atoms with E-state index in [-0.39, 0.29) is 7.12 Å². The Balaban J connectivity index is 1.28. The molecule has 1 aliphatic heterocycles. The van der Waals surface area contributed by atoms with Gasteiger partial charge in [0.05, 0.1) is 6.33 Å². The Morgan fingerprint density at radius 1 is 0.923 bits per heavy atom. The molecule has 1 aliphatic rings. The summed E-state index contributed by atoms with van der Waals surface area (Å²) in [5, 5.41) is 0.873. The SMILES string of the molecule is c1ccc2c(c1)OB(c1ccc(CSc3ncnc4[nH]cnc34)cc1)O2. The maximum absolute atomic E-state index is 5.85. The Morgan fingerprint density at radius 2 is 1.69 bits per heavy atom. The van der Waals surface area contributed by atoms with E-state index in [0.717, 1.165) is 38.9 Å². The van der Waals surface area contributed by atoms with Crippen molar-refractivity contribution in [3.8, 4) is 11.5 Å². The number of hydrogen-bond donors (Lipinski definition) is 1. The first-order valence-corrected chi connectivity index (χ1v) is 9.13. The van der Waals surface area contributed by atoms with Crippen LogP contribution in [0.4, 0.5) is 0 Å². The topological polar surface area (TPSA) is 72.9 Å². The number of H-pyrrole nitrogens is 1. The van der Waals surface area contributed by atoms with Gasteiger partial charge in [0.1, 0.15) is 28.4 Å². The molecule has 0 amide bonds. The van der Waals surface area contributed by atoms with Crippen LogP contribution in [-0.4, -0.2) is 27.1 Å². The quantitative estimate of drug-likeness (QED) is 0.343. The fourth-order valence-electron chi connectivity index (χ4n) is 2.81. The third-order valence-electron chi connectivity index (χ3n) is 4.13. The summed E-state index contributed by atoms with van der Waals surface area (Å²) in [6.45, 7) is 0. The van der Waals surface area contributed by atoms with Crippen molar-refractivity contribution in [3.63, 3.8) is 0 Å². The molecule has 5 rings (SSSR count). The van der Waals surface area contributed by atoms with E-state index in [0.29, 0.717) is 0 Å². The number of hydrogen-bond acceptors (Lipinski definition) is 6. The number of benzene rings is 2. The van der Waals surface area contributed by atoms with Crippen LogP contribution in [0.1, 0.15) is 5.56 Å². The molecular weight excluding hydrogens is 347 g/mol. The normalized spacial score (nSPS) is 12.7. The average molecular weight is 360 g/mol. The molecule has 0 saturated heterocycles. The molecule has 0 radical (unpaired) electrons. The summed E-state index contributed by atoms with van der Waals surface area (Å²) in [5.74, 6) is 2.36. The van der Waals surface area contributed by atoms with Crippen LogP contribution in [0.2, 0.25) is 0 Å². The number of fused-ring (bicyclic) bond motifs is 2. The summed E-state index contributed by atoms with van der Waals surface area (Å²) in [5.41, 5.74) is 3.75. The number of nitrogens with one attached hydrogen (secondary N) is 1. The number of rotatable bonds is 4. The van der Waals surface area contributed by atoms with Crippen LogP contribution < -0.4 is 14.8 Å². The molecule has 8 heteroatoms. The monoisotopic (exact) mass is 360 g/mol. The minimum atomic E-state index is -0.389. The maximum atomic E-state index is 5.85. The van der Waals surface area contributed by atoms with Crippen molar-refractivity contribution in [1.82, 2.24) is 19.9 Å². The van der Waals surface area contributed by atoms with Crippen LogP contribution >= 0.6 is 11.8 Å². The summed E-state index contributed by atoms with van der Waals surface area (Å²) in [7, 11) is -0.389. The van der Waals surface area contributed by atoms with Gasteiger partial charge in [0.15, 0.2) is 5.65 Å². The van der Waals surface area contributed by atoms with Crippen molar-refractivity contribution < 1.29 is 9.31 Å². The van der Waals surface area contributed by atoms with Gasteiger partial charge in [-0.2, -0.15) is 0 Å². The highest BCUT2D eigenvalue weighted by atomic mass is 32.2. The predicted octanol–water partition coefficient (Wildman–Crippen LogP) is 2.81. The van der Waals surface area contributed by atoms with Gasteiger partial charge in [0.25, 0.3) is 0 Å². The molecule has 0 bridgehead atoms. The third-order valence-corrected chi connectivity index (χ3v) is 5.18. The third kappa shape index (κ3) is 2.78. The van der Waals surface area contributed by atoms with Crippen LogP contribution in [0.3, 0.4) is 0 Å². The number of para-hydroxylation sites is 2. The van der Waals surface area contributed by atoms with Crippen LogP contribution in [0.5, 0.6) is 11.5 Å². The van der Waals surface area contributed by atoms with Gasteiger partial charge in [-0.1, -0.05) is 48.2 Å². The second-order valence-corrected chi connectivity index (χ2v) is 6.79. The smallest absolute Gasteiger partial charge is 0.519 e. The minimum Gasteiger partial charge on any atom is -0.519 e. The van der Waals surface area contributed by atoms with Crippen molar-refractivity contribution in [3.05, 3.63) is 66.7 Å². The van der Waals surface area contributed by atoms with E-state index in [4.69, 9.17) is 9.31 Å². The lowest BCUT2D eigenvalue weighted by Crippen LogP contribution is -2.38. The molecular formula is C18H13BN4O2S. The molecule has 0 fully saturated rings. The lowest BCUT2D eigenvalue weighted by molar-refractivity contribution is 0.519. The van der Waals surface area contributed by atoms with Gasteiger partial charge in [-0.3, -0.25) is 0 Å². The second-order valence-electron chi connectivity index (χ2n) is 5.82. The van der Waals surface area contributed by atoms with Gasteiger partial charge >= 0.3 is 7.12 Å². The largest absolute Gasteiger partial charge is 0.632 e. The van der Waals surface area contributed by atoms with Crippen molar-refractivity contribution in [2.75, 3.05) is 0 Å². The van der Waals surface area contributed by atoms with E-state index in [1.165, 1.54) is 5.56 Å². The van der Waals surface area contributed by atoms with Gasteiger partial charge in [-0.05, 0) is 17.7 Å². The van der Waals surface area contributed by atoms with Crippen molar-refractivity contribution in [2.45, 2.75) is 10.8 Å². The van der Waals surface area contributed by atoms with E-state index in [9.17, 15) is 0 Å². The van der Waals surface area contributed by atoms with Crippen LogP contribution in [-0.2, 0) is 5.75 Å². The van der Waals surface area contributed by atoms with Crippen LogP contribution in [0, 0.1) is 0 Å². The summed E-state index contributed by atoms with van der Waals surface area (Å²) in [6.07, 6.45) is 3.19.